The molecule has 1 aliphatic heterocycles. The molecule has 0 N–H and O–H groups in total. The standard InChI is InChI=1S/C9H10Br2OS/c10-8-4-3-7(13-8)9(11)6-2-1-5-12-6/h3-4,6,9H,1-2,5H2. The Morgan fingerprint density at radius 3 is 2.92 bits per heavy atom. The molecule has 0 aliphatic carbocycles. The summed E-state index contributed by atoms with van der Waals surface area (Å²) in [6.45, 7) is 0.916. The number of thiophene rings is 1. The van der Waals surface area contributed by atoms with Crippen LogP contribution in [-0.2, 0) is 4.74 Å². The second-order valence-corrected chi connectivity index (χ2v) is 6.58. The lowest BCUT2D eigenvalue weighted by Gasteiger charge is -2.14. The third-order valence-corrected chi connectivity index (χ3v) is 5.25. The van der Waals surface area contributed by atoms with Gasteiger partial charge in [-0.05, 0) is 40.9 Å². The molecule has 2 heterocycles. The Labute approximate surface area is 98.7 Å². The molecule has 2 atom stereocenters. The number of hydrogen-bond acceptors (Lipinski definition) is 2. The molecular formula is C9H10Br2OS. The van der Waals surface area contributed by atoms with Crippen LogP contribution in [0.1, 0.15) is 22.5 Å². The Balaban J connectivity index is 2.07. The summed E-state index contributed by atoms with van der Waals surface area (Å²) in [5.41, 5.74) is 0. The molecular weight excluding hydrogens is 316 g/mol. The predicted octanol–water partition coefficient (Wildman–Crippen LogP) is 4.13. The van der Waals surface area contributed by atoms with Gasteiger partial charge in [-0.15, -0.1) is 11.3 Å². The smallest absolute Gasteiger partial charge is 0.0751 e. The van der Waals surface area contributed by atoms with Crippen molar-refractivity contribution in [3.05, 3.63) is 20.8 Å². The third-order valence-electron chi connectivity index (χ3n) is 2.16. The van der Waals surface area contributed by atoms with Gasteiger partial charge in [-0.1, -0.05) is 15.9 Å². The summed E-state index contributed by atoms with van der Waals surface area (Å²) < 4.78 is 6.81. The summed E-state index contributed by atoms with van der Waals surface area (Å²) in [5, 5.41) is 0. The first-order chi connectivity index (χ1) is 6.27. The zero-order valence-corrected chi connectivity index (χ0v) is 11.0. The SMILES string of the molecule is Brc1ccc(C(Br)C2CCCO2)s1. The highest BCUT2D eigenvalue weighted by Crippen LogP contribution is 2.38. The van der Waals surface area contributed by atoms with Crippen molar-refractivity contribution in [2.45, 2.75) is 23.8 Å². The average Bonchev–Trinajstić information content (AvgIpc) is 2.72. The molecule has 0 amide bonds. The van der Waals surface area contributed by atoms with Gasteiger partial charge in [0.25, 0.3) is 0 Å². The van der Waals surface area contributed by atoms with E-state index in [9.17, 15) is 0 Å². The number of halogens is 2. The Bertz CT molecular complexity index is 281. The van der Waals surface area contributed by atoms with Gasteiger partial charge >= 0.3 is 0 Å². The molecule has 1 saturated heterocycles. The van der Waals surface area contributed by atoms with Crippen LogP contribution in [0.5, 0.6) is 0 Å². The van der Waals surface area contributed by atoms with E-state index < -0.39 is 0 Å². The van der Waals surface area contributed by atoms with Crippen LogP contribution in [0.25, 0.3) is 0 Å². The van der Waals surface area contributed by atoms with Crippen molar-refractivity contribution in [1.82, 2.24) is 0 Å². The predicted molar refractivity (Wildman–Crippen MR) is 62.7 cm³/mol. The van der Waals surface area contributed by atoms with Crippen LogP contribution >= 0.6 is 43.2 Å². The van der Waals surface area contributed by atoms with Crippen LogP contribution in [0.15, 0.2) is 15.9 Å². The van der Waals surface area contributed by atoms with Crippen LogP contribution in [-0.4, -0.2) is 12.7 Å². The second kappa shape index (κ2) is 4.43. The van der Waals surface area contributed by atoms with Crippen molar-refractivity contribution in [1.29, 1.82) is 0 Å². The fourth-order valence-electron chi connectivity index (χ4n) is 1.49. The number of rotatable bonds is 2. The Morgan fingerprint density at radius 2 is 2.38 bits per heavy atom. The van der Waals surface area contributed by atoms with Gasteiger partial charge in [-0.3, -0.25) is 0 Å². The van der Waals surface area contributed by atoms with Crippen molar-refractivity contribution in [3.8, 4) is 0 Å². The number of hydrogen-bond donors (Lipinski definition) is 0. The maximum atomic E-state index is 5.62. The van der Waals surface area contributed by atoms with Crippen LogP contribution in [0, 0.1) is 0 Å². The summed E-state index contributed by atoms with van der Waals surface area (Å²) >= 11 is 8.93. The summed E-state index contributed by atoms with van der Waals surface area (Å²) in [6.07, 6.45) is 2.73. The maximum absolute atomic E-state index is 5.62. The maximum Gasteiger partial charge on any atom is 0.0751 e. The molecule has 2 unspecified atom stereocenters. The Kier molecular flexibility index (Phi) is 3.46. The van der Waals surface area contributed by atoms with E-state index in [1.54, 1.807) is 11.3 Å². The quantitative estimate of drug-likeness (QED) is 0.743. The minimum absolute atomic E-state index is 0.366. The lowest BCUT2D eigenvalue weighted by Crippen LogP contribution is -2.10. The largest absolute Gasteiger partial charge is 0.377 e. The summed E-state index contributed by atoms with van der Waals surface area (Å²) in [6, 6.07) is 4.24. The highest BCUT2D eigenvalue weighted by molar-refractivity contribution is 9.11. The summed E-state index contributed by atoms with van der Waals surface area (Å²) in [4.78, 5) is 1.71. The third kappa shape index (κ3) is 2.35. The van der Waals surface area contributed by atoms with Gasteiger partial charge in [0.1, 0.15) is 0 Å². The molecule has 2 rings (SSSR count). The van der Waals surface area contributed by atoms with E-state index in [0.717, 1.165) is 6.61 Å². The van der Waals surface area contributed by atoms with Gasteiger partial charge in [-0.2, -0.15) is 0 Å². The summed E-state index contributed by atoms with van der Waals surface area (Å²) in [7, 11) is 0. The zero-order chi connectivity index (χ0) is 9.26. The van der Waals surface area contributed by atoms with Gasteiger partial charge in [-0.25, -0.2) is 0 Å². The molecule has 1 fully saturated rings. The van der Waals surface area contributed by atoms with Crippen molar-refractivity contribution in [2.75, 3.05) is 6.61 Å². The van der Waals surface area contributed by atoms with Gasteiger partial charge in [0.2, 0.25) is 0 Å². The zero-order valence-electron chi connectivity index (χ0n) is 7.00. The molecule has 72 valence electrons. The van der Waals surface area contributed by atoms with Crippen molar-refractivity contribution < 1.29 is 4.74 Å². The van der Waals surface area contributed by atoms with Crippen molar-refractivity contribution in [3.63, 3.8) is 0 Å². The van der Waals surface area contributed by atoms with E-state index in [1.807, 2.05) is 0 Å². The van der Waals surface area contributed by atoms with Crippen molar-refractivity contribution >= 4 is 43.2 Å². The van der Waals surface area contributed by atoms with E-state index in [2.05, 4.69) is 44.0 Å². The van der Waals surface area contributed by atoms with Gasteiger partial charge in [0, 0.05) is 11.5 Å². The van der Waals surface area contributed by atoms with E-state index in [1.165, 1.54) is 21.5 Å². The first kappa shape index (κ1) is 10.1. The van der Waals surface area contributed by atoms with Gasteiger partial charge in [0.15, 0.2) is 0 Å². The van der Waals surface area contributed by atoms with Crippen LogP contribution < -0.4 is 0 Å². The van der Waals surface area contributed by atoms with Crippen LogP contribution in [0.2, 0.25) is 0 Å². The molecule has 1 nitrogen and oxygen atoms in total. The lowest BCUT2D eigenvalue weighted by molar-refractivity contribution is 0.111. The van der Waals surface area contributed by atoms with Gasteiger partial charge < -0.3 is 4.74 Å². The Morgan fingerprint density at radius 1 is 1.54 bits per heavy atom. The molecule has 1 aromatic rings. The molecule has 0 bridgehead atoms. The van der Waals surface area contributed by atoms with E-state index in [4.69, 9.17) is 4.74 Å². The molecule has 0 radical (unpaired) electrons. The molecule has 1 aromatic heterocycles. The average molecular weight is 326 g/mol. The minimum atomic E-state index is 0.366. The second-order valence-electron chi connectivity index (χ2n) is 3.10. The van der Waals surface area contributed by atoms with E-state index in [-0.39, 0.29) is 0 Å². The highest BCUT2D eigenvalue weighted by atomic mass is 79.9. The first-order valence-corrected chi connectivity index (χ1v) is 6.81. The van der Waals surface area contributed by atoms with E-state index >= 15 is 0 Å². The topological polar surface area (TPSA) is 9.23 Å². The van der Waals surface area contributed by atoms with Gasteiger partial charge in [0.05, 0.1) is 14.7 Å². The first-order valence-electron chi connectivity index (χ1n) is 4.28. The fraction of sp³-hybridized carbons (Fsp3) is 0.556. The summed E-state index contributed by atoms with van der Waals surface area (Å²) in [5.74, 6) is 0. The Hall–Kier alpha value is 0.620. The lowest BCUT2D eigenvalue weighted by atomic mass is 10.1. The highest BCUT2D eigenvalue weighted by Gasteiger charge is 2.25. The molecule has 0 spiro atoms. The number of alkyl halides is 1. The molecule has 1 aliphatic rings. The minimum Gasteiger partial charge on any atom is -0.377 e. The van der Waals surface area contributed by atoms with Crippen LogP contribution in [0.3, 0.4) is 0 Å². The fourth-order valence-corrected chi connectivity index (χ4v) is 3.80. The monoisotopic (exact) mass is 324 g/mol. The van der Waals surface area contributed by atoms with E-state index in [0.29, 0.717) is 10.9 Å². The normalized spacial score (nSPS) is 24.9. The molecule has 0 aromatic carbocycles. The molecule has 13 heavy (non-hydrogen) atoms. The van der Waals surface area contributed by atoms with Crippen molar-refractivity contribution in [2.24, 2.45) is 0 Å². The molecule has 4 heteroatoms. The number of ether oxygens (including phenoxy) is 1. The van der Waals surface area contributed by atoms with Crippen LogP contribution in [0.4, 0.5) is 0 Å². The molecule has 0 saturated carbocycles.